The van der Waals surface area contributed by atoms with Crippen LogP contribution in [0.25, 0.3) is 0 Å². The summed E-state index contributed by atoms with van der Waals surface area (Å²) in [5, 5.41) is 37.6. The lowest BCUT2D eigenvalue weighted by atomic mass is 9.77. The Morgan fingerprint density at radius 1 is 0.861 bits per heavy atom. The number of carbonyl (C=O) groups is 2. The molecule has 0 bridgehead atoms. The first kappa shape index (κ1) is 26.2. The zero-order chi connectivity index (χ0) is 26.6. The van der Waals surface area contributed by atoms with Crippen LogP contribution in [-0.2, 0) is 19.1 Å². The van der Waals surface area contributed by atoms with Crippen LogP contribution in [0.15, 0.2) is 48.5 Å². The van der Waals surface area contributed by atoms with Gasteiger partial charge in [-0.1, -0.05) is 24.3 Å². The van der Waals surface area contributed by atoms with E-state index in [-0.39, 0.29) is 30.0 Å². The lowest BCUT2D eigenvalue weighted by molar-refractivity contribution is -0.527. The first-order chi connectivity index (χ1) is 17.1. The maximum Gasteiger partial charge on any atom is 0.339 e. The number of non-ortho nitro benzene ring substituents is 2. The average Bonchev–Trinajstić information content (AvgIpc) is 3.22. The van der Waals surface area contributed by atoms with E-state index in [0.717, 1.165) is 24.3 Å². The number of hydrogen-bond acceptors (Lipinski definition) is 11. The minimum Gasteiger partial charge on any atom is -0.464 e. The first-order valence-corrected chi connectivity index (χ1v) is 10.8. The SMILES string of the molecule is CCOC(=O)C1(C(=O)OCC)N[C@H](c2ccc([N+](=O)[O-])cc2)[C@H]([N+](=O)[O-])[C@H]1c1cccc([N+](=O)[O-])c1. The van der Waals surface area contributed by atoms with Crippen molar-refractivity contribution >= 4 is 23.3 Å². The lowest BCUT2D eigenvalue weighted by Gasteiger charge is -2.30. The van der Waals surface area contributed by atoms with E-state index in [1.807, 2.05) is 0 Å². The van der Waals surface area contributed by atoms with Crippen molar-refractivity contribution in [1.29, 1.82) is 0 Å². The van der Waals surface area contributed by atoms with Gasteiger partial charge in [0, 0.05) is 29.2 Å². The predicted molar refractivity (Wildman–Crippen MR) is 122 cm³/mol. The third-order valence-electron chi connectivity index (χ3n) is 5.87. The molecule has 0 spiro atoms. The molecule has 1 saturated heterocycles. The number of nitro benzene ring substituents is 2. The molecule has 0 unspecified atom stereocenters. The summed E-state index contributed by atoms with van der Waals surface area (Å²) >= 11 is 0. The molecule has 3 rings (SSSR count). The van der Waals surface area contributed by atoms with Gasteiger partial charge in [0.2, 0.25) is 11.6 Å². The topological polar surface area (TPSA) is 194 Å². The molecule has 0 saturated carbocycles. The average molecular weight is 502 g/mol. The van der Waals surface area contributed by atoms with Crippen molar-refractivity contribution in [3.8, 4) is 0 Å². The van der Waals surface area contributed by atoms with Gasteiger partial charge < -0.3 is 9.47 Å². The Kier molecular flexibility index (Phi) is 7.58. The minimum absolute atomic E-state index is 0.0380. The number of nitro groups is 3. The Balaban J connectivity index is 2.31. The summed E-state index contributed by atoms with van der Waals surface area (Å²) in [6.45, 7) is 2.61. The fraction of sp³-hybridized carbons (Fsp3) is 0.364. The quantitative estimate of drug-likeness (QED) is 0.229. The van der Waals surface area contributed by atoms with Gasteiger partial charge in [-0.05, 0) is 25.0 Å². The normalized spacial score (nSPS) is 20.3. The molecule has 0 aromatic heterocycles. The second-order valence-corrected chi connectivity index (χ2v) is 7.83. The summed E-state index contributed by atoms with van der Waals surface area (Å²) in [4.78, 5) is 59.5. The summed E-state index contributed by atoms with van der Waals surface area (Å²) in [6, 6.07) is 6.58. The standard InChI is InChI=1S/C22H22N4O10/c1-3-35-20(27)22(21(28)36-4-2)17(14-6-5-7-16(12-14)25(31)32)19(26(33)34)18(23-22)13-8-10-15(11-9-13)24(29)30/h5-12,17-19,23H,3-4H2,1-2H3/t17-,18-,19-/m1/s1. The number of esters is 2. The second-order valence-electron chi connectivity index (χ2n) is 7.83. The van der Waals surface area contributed by atoms with Gasteiger partial charge in [-0.25, -0.2) is 9.59 Å². The Hall–Kier alpha value is -4.46. The highest BCUT2D eigenvalue weighted by Gasteiger charge is 2.69. The Morgan fingerprint density at radius 2 is 1.42 bits per heavy atom. The van der Waals surface area contributed by atoms with Crippen LogP contribution < -0.4 is 5.32 Å². The van der Waals surface area contributed by atoms with Crippen molar-refractivity contribution in [2.75, 3.05) is 13.2 Å². The molecule has 3 atom stereocenters. The molecule has 1 aliphatic heterocycles. The van der Waals surface area contributed by atoms with E-state index in [2.05, 4.69) is 5.32 Å². The van der Waals surface area contributed by atoms with Crippen LogP contribution in [0.2, 0.25) is 0 Å². The van der Waals surface area contributed by atoms with Crippen LogP contribution in [0.1, 0.15) is 36.9 Å². The number of nitrogens with one attached hydrogen (secondary N) is 1. The fourth-order valence-electron chi connectivity index (χ4n) is 4.42. The number of nitrogens with zero attached hydrogens (tertiary/aromatic N) is 3. The molecule has 2 aromatic rings. The molecular formula is C22H22N4O10. The Bertz CT molecular complexity index is 1180. The van der Waals surface area contributed by atoms with Crippen LogP contribution >= 0.6 is 0 Å². The molecule has 0 aliphatic carbocycles. The van der Waals surface area contributed by atoms with Crippen molar-refractivity contribution in [3.63, 3.8) is 0 Å². The molecule has 36 heavy (non-hydrogen) atoms. The fourth-order valence-corrected chi connectivity index (χ4v) is 4.42. The van der Waals surface area contributed by atoms with Crippen LogP contribution in [0.3, 0.4) is 0 Å². The van der Waals surface area contributed by atoms with Crippen LogP contribution in [0, 0.1) is 30.3 Å². The summed E-state index contributed by atoms with van der Waals surface area (Å²) in [6.07, 6.45) is 0. The van der Waals surface area contributed by atoms with Gasteiger partial charge in [0.15, 0.2) is 0 Å². The molecule has 0 amide bonds. The number of carbonyl (C=O) groups excluding carboxylic acids is 2. The monoisotopic (exact) mass is 502 g/mol. The molecular weight excluding hydrogens is 480 g/mol. The van der Waals surface area contributed by atoms with Crippen molar-refractivity contribution < 1.29 is 33.8 Å². The van der Waals surface area contributed by atoms with Gasteiger partial charge in [0.05, 0.1) is 29.0 Å². The molecule has 1 fully saturated rings. The number of rotatable bonds is 9. The van der Waals surface area contributed by atoms with Crippen molar-refractivity contribution in [1.82, 2.24) is 5.32 Å². The van der Waals surface area contributed by atoms with E-state index in [4.69, 9.17) is 9.47 Å². The van der Waals surface area contributed by atoms with Gasteiger partial charge in [-0.3, -0.25) is 35.7 Å². The van der Waals surface area contributed by atoms with Crippen LogP contribution in [0.5, 0.6) is 0 Å². The van der Waals surface area contributed by atoms with Crippen molar-refractivity contribution in [2.24, 2.45) is 0 Å². The minimum atomic E-state index is -2.44. The highest BCUT2D eigenvalue weighted by Crippen LogP contribution is 2.48. The molecule has 1 heterocycles. The summed E-state index contributed by atoms with van der Waals surface area (Å²) < 4.78 is 10.3. The molecule has 190 valence electrons. The van der Waals surface area contributed by atoms with E-state index in [0.29, 0.717) is 0 Å². The highest BCUT2D eigenvalue weighted by molar-refractivity contribution is 6.07. The molecule has 0 radical (unpaired) electrons. The van der Waals surface area contributed by atoms with Crippen LogP contribution in [0.4, 0.5) is 11.4 Å². The lowest BCUT2D eigenvalue weighted by Crippen LogP contribution is -2.60. The molecule has 14 nitrogen and oxygen atoms in total. The smallest absolute Gasteiger partial charge is 0.339 e. The zero-order valence-electron chi connectivity index (χ0n) is 19.2. The van der Waals surface area contributed by atoms with Gasteiger partial charge >= 0.3 is 11.9 Å². The zero-order valence-corrected chi connectivity index (χ0v) is 19.2. The molecule has 1 N–H and O–H groups in total. The Labute approximate surface area is 203 Å². The third kappa shape index (κ3) is 4.57. The summed E-state index contributed by atoms with van der Waals surface area (Å²) in [5.41, 5.74) is -2.98. The molecule has 2 aromatic carbocycles. The maximum absolute atomic E-state index is 13.3. The third-order valence-corrected chi connectivity index (χ3v) is 5.87. The number of hydrogen-bond donors (Lipinski definition) is 1. The van der Waals surface area contributed by atoms with E-state index in [9.17, 15) is 39.9 Å². The van der Waals surface area contributed by atoms with Gasteiger partial charge in [0.1, 0.15) is 6.04 Å². The second kappa shape index (κ2) is 10.4. The van der Waals surface area contributed by atoms with Gasteiger partial charge in [-0.2, -0.15) is 0 Å². The molecule has 1 aliphatic rings. The highest BCUT2D eigenvalue weighted by atomic mass is 16.6. The van der Waals surface area contributed by atoms with E-state index in [1.54, 1.807) is 0 Å². The first-order valence-electron chi connectivity index (χ1n) is 10.8. The summed E-state index contributed by atoms with van der Waals surface area (Å²) in [5.74, 6) is -3.90. The number of benzene rings is 2. The van der Waals surface area contributed by atoms with E-state index < -0.39 is 55.9 Å². The van der Waals surface area contributed by atoms with Crippen LogP contribution in [-0.4, -0.2) is 51.5 Å². The maximum atomic E-state index is 13.3. The predicted octanol–water partition coefficient (Wildman–Crippen LogP) is 2.44. The van der Waals surface area contributed by atoms with E-state index in [1.165, 1.54) is 38.1 Å². The van der Waals surface area contributed by atoms with E-state index >= 15 is 0 Å². The summed E-state index contributed by atoms with van der Waals surface area (Å²) in [7, 11) is 0. The Morgan fingerprint density at radius 3 is 1.89 bits per heavy atom. The van der Waals surface area contributed by atoms with Gasteiger partial charge in [0.25, 0.3) is 11.4 Å². The van der Waals surface area contributed by atoms with Crippen molar-refractivity contribution in [3.05, 3.63) is 90.0 Å². The molecule has 14 heteroatoms. The largest absolute Gasteiger partial charge is 0.464 e. The van der Waals surface area contributed by atoms with Crippen molar-refractivity contribution in [2.45, 2.75) is 37.4 Å². The van der Waals surface area contributed by atoms with Gasteiger partial charge in [-0.15, -0.1) is 0 Å². The number of ether oxygens (including phenoxy) is 2.